The largest absolute Gasteiger partial charge is 0.478 e. The molecule has 0 aromatic carbocycles. The van der Waals surface area contributed by atoms with Crippen LogP contribution in [0.15, 0.2) is 18.5 Å². The van der Waals surface area contributed by atoms with Crippen LogP contribution < -0.4 is 11.1 Å². The molecule has 2 rings (SSSR count). The van der Waals surface area contributed by atoms with Gasteiger partial charge in [-0.05, 0) is 25.8 Å². The molecule has 102 valence electrons. The van der Waals surface area contributed by atoms with Gasteiger partial charge < -0.3 is 16.2 Å². The Morgan fingerprint density at radius 1 is 1.53 bits per heavy atom. The number of pyridine rings is 1. The number of aromatic carboxylic acids is 1. The van der Waals surface area contributed by atoms with Crippen molar-refractivity contribution in [2.24, 2.45) is 11.1 Å². The van der Waals surface area contributed by atoms with E-state index in [0.29, 0.717) is 5.69 Å². The van der Waals surface area contributed by atoms with Crippen LogP contribution in [0.1, 0.15) is 36.5 Å². The molecule has 6 nitrogen and oxygen atoms in total. The Hall–Kier alpha value is -1.95. The third-order valence-corrected chi connectivity index (χ3v) is 3.79. The van der Waals surface area contributed by atoms with Crippen LogP contribution in [-0.4, -0.2) is 28.0 Å². The highest BCUT2D eigenvalue weighted by Gasteiger charge is 2.42. The van der Waals surface area contributed by atoms with Gasteiger partial charge in [-0.15, -0.1) is 0 Å². The van der Waals surface area contributed by atoms with E-state index in [1.54, 1.807) is 0 Å². The van der Waals surface area contributed by atoms with E-state index in [-0.39, 0.29) is 17.5 Å². The van der Waals surface area contributed by atoms with Gasteiger partial charge in [-0.25, -0.2) is 4.79 Å². The average Bonchev–Trinajstić information content (AvgIpc) is 2.71. The first kappa shape index (κ1) is 13.5. The molecule has 4 N–H and O–H groups in total. The minimum Gasteiger partial charge on any atom is -0.478 e. The highest BCUT2D eigenvalue weighted by atomic mass is 16.4. The van der Waals surface area contributed by atoms with Crippen molar-refractivity contribution in [1.29, 1.82) is 0 Å². The molecule has 1 fully saturated rings. The van der Waals surface area contributed by atoms with Crippen LogP contribution in [0.5, 0.6) is 0 Å². The fraction of sp³-hybridized carbons (Fsp3) is 0.462. The minimum atomic E-state index is -1.08. The zero-order valence-corrected chi connectivity index (χ0v) is 10.7. The number of carbonyl (C=O) groups is 2. The lowest BCUT2D eigenvalue weighted by Crippen LogP contribution is -2.44. The molecular weight excluding hydrogens is 246 g/mol. The molecule has 6 heteroatoms. The van der Waals surface area contributed by atoms with Gasteiger partial charge in [0.05, 0.1) is 22.9 Å². The third kappa shape index (κ3) is 2.58. The Morgan fingerprint density at radius 3 is 2.84 bits per heavy atom. The normalized spacial score (nSPS) is 26.1. The topological polar surface area (TPSA) is 105 Å². The van der Waals surface area contributed by atoms with E-state index in [2.05, 4.69) is 10.3 Å². The number of nitrogens with zero attached hydrogens (tertiary/aromatic N) is 1. The van der Waals surface area contributed by atoms with Crippen LogP contribution >= 0.6 is 0 Å². The Labute approximate surface area is 111 Å². The predicted molar refractivity (Wildman–Crippen MR) is 69.8 cm³/mol. The van der Waals surface area contributed by atoms with Gasteiger partial charge >= 0.3 is 5.97 Å². The molecule has 2 atom stereocenters. The quantitative estimate of drug-likeness (QED) is 0.760. The van der Waals surface area contributed by atoms with Crippen LogP contribution in [0.2, 0.25) is 0 Å². The van der Waals surface area contributed by atoms with Crippen molar-refractivity contribution >= 4 is 17.6 Å². The average molecular weight is 263 g/mol. The summed E-state index contributed by atoms with van der Waals surface area (Å²) in [6.07, 6.45) is 5.16. The smallest absolute Gasteiger partial charge is 0.337 e. The highest BCUT2D eigenvalue weighted by molar-refractivity contribution is 5.97. The number of amides is 1. The lowest BCUT2D eigenvalue weighted by atomic mass is 9.84. The SMILES string of the molecule is CC1(C(=O)Nc2cncc(C(=O)O)c2)CCCC1N. The summed E-state index contributed by atoms with van der Waals surface area (Å²) in [5.74, 6) is -1.26. The van der Waals surface area contributed by atoms with Gasteiger partial charge in [0.15, 0.2) is 0 Å². The standard InChI is InChI=1S/C13H17N3O3/c1-13(4-2-3-10(13)14)12(19)16-9-5-8(11(17)18)6-15-7-9/h5-7,10H,2-4,14H2,1H3,(H,16,19)(H,17,18). The maximum absolute atomic E-state index is 12.3. The molecule has 19 heavy (non-hydrogen) atoms. The number of hydrogen-bond donors (Lipinski definition) is 3. The molecule has 0 saturated heterocycles. The first-order valence-electron chi connectivity index (χ1n) is 6.19. The molecular formula is C13H17N3O3. The number of anilines is 1. The van der Waals surface area contributed by atoms with E-state index in [0.717, 1.165) is 19.3 Å². The number of nitrogens with two attached hydrogens (primary N) is 1. The molecule has 1 aromatic rings. The molecule has 1 heterocycles. The van der Waals surface area contributed by atoms with Crippen molar-refractivity contribution in [3.8, 4) is 0 Å². The second-order valence-corrected chi connectivity index (χ2v) is 5.14. The van der Waals surface area contributed by atoms with E-state index >= 15 is 0 Å². The molecule has 2 unspecified atom stereocenters. The zero-order chi connectivity index (χ0) is 14.0. The molecule has 1 aliphatic carbocycles. The van der Waals surface area contributed by atoms with Crippen molar-refractivity contribution in [3.05, 3.63) is 24.0 Å². The van der Waals surface area contributed by atoms with Crippen molar-refractivity contribution in [2.45, 2.75) is 32.2 Å². The second kappa shape index (κ2) is 4.97. The van der Waals surface area contributed by atoms with Gasteiger partial charge in [-0.3, -0.25) is 9.78 Å². The van der Waals surface area contributed by atoms with Gasteiger partial charge in [0, 0.05) is 12.2 Å². The predicted octanol–water partition coefficient (Wildman–Crippen LogP) is 1.24. The Bertz CT molecular complexity index is 518. The van der Waals surface area contributed by atoms with Gasteiger partial charge in [0.2, 0.25) is 5.91 Å². The molecule has 0 aliphatic heterocycles. The fourth-order valence-corrected chi connectivity index (χ4v) is 2.37. The Morgan fingerprint density at radius 2 is 2.26 bits per heavy atom. The minimum absolute atomic E-state index is 0.0404. The highest BCUT2D eigenvalue weighted by Crippen LogP contribution is 2.37. The van der Waals surface area contributed by atoms with Crippen molar-refractivity contribution in [1.82, 2.24) is 4.98 Å². The maximum Gasteiger partial charge on any atom is 0.337 e. The van der Waals surface area contributed by atoms with Gasteiger partial charge in [-0.2, -0.15) is 0 Å². The molecule has 1 aliphatic rings. The lowest BCUT2D eigenvalue weighted by Gasteiger charge is -2.27. The summed E-state index contributed by atoms with van der Waals surface area (Å²) < 4.78 is 0. The summed E-state index contributed by atoms with van der Waals surface area (Å²) in [5, 5.41) is 11.6. The summed E-state index contributed by atoms with van der Waals surface area (Å²) in [6.45, 7) is 1.84. The van der Waals surface area contributed by atoms with E-state index in [1.165, 1.54) is 18.5 Å². The van der Waals surface area contributed by atoms with Crippen LogP contribution in [0.25, 0.3) is 0 Å². The molecule has 0 radical (unpaired) electrons. The number of rotatable bonds is 3. The number of carboxylic acids is 1. The van der Waals surface area contributed by atoms with Crippen molar-refractivity contribution in [2.75, 3.05) is 5.32 Å². The molecule has 1 amide bonds. The second-order valence-electron chi connectivity index (χ2n) is 5.14. The van der Waals surface area contributed by atoms with Crippen molar-refractivity contribution in [3.63, 3.8) is 0 Å². The molecule has 0 bridgehead atoms. The van der Waals surface area contributed by atoms with E-state index in [1.807, 2.05) is 6.92 Å². The number of carboxylic acid groups (broad SMARTS) is 1. The van der Waals surface area contributed by atoms with E-state index in [4.69, 9.17) is 10.8 Å². The van der Waals surface area contributed by atoms with Crippen LogP contribution in [0, 0.1) is 5.41 Å². The summed E-state index contributed by atoms with van der Waals surface area (Å²) in [4.78, 5) is 26.9. The lowest BCUT2D eigenvalue weighted by molar-refractivity contribution is -0.125. The van der Waals surface area contributed by atoms with E-state index < -0.39 is 11.4 Å². The fourth-order valence-electron chi connectivity index (χ4n) is 2.37. The molecule has 0 spiro atoms. The van der Waals surface area contributed by atoms with E-state index in [9.17, 15) is 9.59 Å². The van der Waals surface area contributed by atoms with Crippen LogP contribution in [-0.2, 0) is 4.79 Å². The number of aromatic nitrogens is 1. The van der Waals surface area contributed by atoms with Crippen LogP contribution in [0.4, 0.5) is 5.69 Å². The zero-order valence-electron chi connectivity index (χ0n) is 10.7. The van der Waals surface area contributed by atoms with Gasteiger partial charge in [0.1, 0.15) is 0 Å². The van der Waals surface area contributed by atoms with Crippen molar-refractivity contribution < 1.29 is 14.7 Å². The summed E-state index contributed by atoms with van der Waals surface area (Å²) in [7, 11) is 0. The number of hydrogen-bond acceptors (Lipinski definition) is 4. The Kier molecular flexibility index (Phi) is 3.53. The maximum atomic E-state index is 12.3. The third-order valence-electron chi connectivity index (χ3n) is 3.79. The first-order chi connectivity index (χ1) is 8.93. The molecule has 1 aromatic heterocycles. The number of carbonyl (C=O) groups excluding carboxylic acids is 1. The summed E-state index contributed by atoms with van der Waals surface area (Å²) >= 11 is 0. The van der Waals surface area contributed by atoms with Crippen LogP contribution in [0.3, 0.4) is 0 Å². The first-order valence-corrected chi connectivity index (χ1v) is 6.19. The summed E-state index contributed by atoms with van der Waals surface area (Å²) in [5.41, 5.74) is 5.80. The summed E-state index contributed by atoms with van der Waals surface area (Å²) in [6, 6.07) is 1.22. The van der Waals surface area contributed by atoms with Gasteiger partial charge in [-0.1, -0.05) is 6.42 Å². The number of nitrogens with one attached hydrogen (secondary N) is 1. The molecule has 1 saturated carbocycles. The van der Waals surface area contributed by atoms with Gasteiger partial charge in [0.25, 0.3) is 0 Å². The Balaban J connectivity index is 2.15. The monoisotopic (exact) mass is 263 g/mol.